The maximum absolute atomic E-state index is 12.3. The van der Waals surface area contributed by atoms with Gasteiger partial charge in [0.25, 0.3) is 0 Å². The van der Waals surface area contributed by atoms with Crippen LogP contribution in [0.5, 0.6) is 0 Å². The highest BCUT2D eigenvalue weighted by atomic mass is 35.5. The third-order valence-corrected chi connectivity index (χ3v) is 5.56. The Morgan fingerprint density at radius 1 is 1.16 bits per heavy atom. The largest absolute Gasteiger partial charge is 0.457 e. The minimum Gasteiger partial charge on any atom is -0.457 e. The van der Waals surface area contributed by atoms with Crippen molar-refractivity contribution in [3.05, 3.63) is 82.0 Å². The SMILES string of the molecule is CC[C@@H](C)c1ccccc1NC(=S)NC(=O)/C=C/c1ccc(-c2ccc(Cl)cc2Cl)o1. The van der Waals surface area contributed by atoms with Crippen LogP contribution in [0.2, 0.25) is 10.0 Å². The summed E-state index contributed by atoms with van der Waals surface area (Å²) >= 11 is 17.4. The van der Waals surface area contributed by atoms with E-state index >= 15 is 0 Å². The van der Waals surface area contributed by atoms with Crippen LogP contribution >= 0.6 is 35.4 Å². The molecule has 31 heavy (non-hydrogen) atoms. The smallest absolute Gasteiger partial charge is 0.250 e. The molecular weight excluding hydrogens is 451 g/mol. The van der Waals surface area contributed by atoms with Gasteiger partial charge >= 0.3 is 0 Å². The van der Waals surface area contributed by atoms with E-state index in [-0.39, 0.29) is 11.0 Å². The van der Waals surface area contributed by atoms with Crippen LogP contribution in [0.1, 0.15) is 37.5 Å². The van der Waals surface area contributed by atoms with Gasteiger partial charge in [0.15, 0.2) is 5.11 Å². The molecule has 160 valence electrons. The zero-order valence-corrected chi connectivity index (χ0v) is 19.4. The minimum absolute atomic E-state index is 0.235. The first-order chi connectivity index (χ1) is 14.9. The zero-order valence-electron chi connectivity index (χ0n) is 17.1. The molecule has 0 aliphatic rings. The summed E-state index contributed by atoms with van der Waals surface area (Å²) in [4.78, 5) is 12.3. The highest BCUT2D eigenvalue weighted by Crippen LogP contribution is 2.31. The summed E-state index contributed by atoms with van der Waals surface area (Å²) in [5.74, 6) is 1.11. The first-order valence-corrected chi connectivity index (χ1v) is 11.0. The molecule has 0 radical (unpaired) electrons. The second kappa shape index (κ2) is 10.6. The molecule has 1 heterocycles. The number of carbonyl (C=O) groups excluding carboxylic acids is 1. The number of hydrogen-bond acceptors (Lipinski definition) is 3. The van der Waals surface area contributed by atoms with Crippen molar-refractivity contribution in [1.29, 1.82) is 0 Å². The van der Waals surface area contributed by atoms with Crippen molar-refractivity contribution in [2.45, 2.75) is 26.2 Å². The highest BCUT2D eigenvalue weighted by molar-refractivity contribution is 7.80. The summed E-state index contributed by atoms with van der Waals surface area (Å²) in [5.41, 5.74) is 2.77. The Labute approximate surface area is 197 Å². The van der Waals surface area contributed by atoms with Gasteiger partial charge in [0.05, 0.1) is 5.02 Å². The number of amides is 1. The maximum atomic E-state index is 12.3. The fourth-order valence-electron chi connectivity index (χ4n) is 3.00. The Kier molecular flexibility index (Phi) is 7.91. The lowest BCUT2D eigenvalue weighted by Gasteiger charge is -2.16. The molecule has 3 aromatic rings. The molecule has 1 amide bonds. The van der Waals surface area contributed by atoms with Gasteiger partial charge in [0, 0.05) is 22.3 Å². The predicted molar refractivity (Wildman–Crippen MR) is 133 cm³/mol. The van der Waals surface area contributed by atoms with E-state index in [9.17, 15) is 4.79 Å². The van der Waals surface area contributed by atoms with E-state index in [1.165, 1.54) is 6.08 Å². The number of nitrogens with one attached hydrogen (secondary N) is 2. The lowest BCUT2D eigenvalue weighted by molar-refractivity contribution is -0.115. The molecule has 2 N–H and O–H groups in total. The molecule has 3 rings (SSSR count). The molecule has 7 heteroatoms. The van der Waals surface area contributed by atoms with E-state index in [1.807, 2.05) is 18.2 Å². The van der Waals surface area contributed by atoms with Crippen molar-refractivity contribution < 1.29 is 9.21 Å². The first-order valence-electron chi connectivity index (χ1n) is 9.81. The van der Waals surface area contributed by atoms with Crippen LogP contribution in [0.3, 0.4) is 0 Å². The van der Waals surface area contributed by atoms with E-state index in [0.29, 0.717) is 27.5 Å². The van der Waals surface area contributed by atoms with Gasteiger partial charge in [-0.3, -0.25) is 10.1 Å². The molecule has 0 unspecified atom stereocenters. The summed E-state index contributed by atoms with van der Waals surface area (Å²) in [6.45, 7) is 4.28. The molecule has 1 atom stereocenters. The Bertz CT molecular complexity index is 1120. The summed E-state index contributed by atoms with van der Waals surface area (Å²) in [5, 5.41) is 7.04. The normalized spacial score (nSPS) is 12.0. The van der Waals surface area contributed by atoms with Crippen molar-refractivity contribution in [3.63, 3.8) is 0 Å². The molecule has 4 nitrogen and oxygen atoms in total. The fraction of sp³-hybridized carbons (Fsp3) is 0.167. The molecule has 0 aliphatic heterocycles. The predicted octanol–water partition coefficient (Wildman–Crippen LogP) is 7.29. The lowest BCUT2D eigenvalue weighted by atomic mass is 9.97. The lowest BCUT2D eigenvalue weighted by Crippen LogP contribution is -2.33. The summed E-state index contributed by atoms with van der Waals surface area (Å²) in [6.07, 6.45) is 3.94. The Morgan fingerprint density at radius 3 is 2.68 bits per heavy atom. The standard InChI is InChI=1S/C24H22Cl2N2O2S/c1-3-15(2)18-6-4-5-7-21(18)27-24(31)28-23(29)13-10-17-9-12-22(30-17)19-11-8-16(25)14-20(19)26/h4-15H,3H2,1-2H3,(H2,27,28,29,31)/b13-10+/t15-/m1/s1. The van der Waals surface area contributed by atoms with Crippen LogP contribution in [-0.4, -0.2) is 11.0 Å². The number of rotatable bonds is 6. The second-order valence-corrected chi connectivity index (χ2v) is 8.25. The summed E-state index contributed by atoms with van der Waals surface area (Å²) in [6, 6.07) is 16.6. The first kappa shape index (κ1) is 23.1. The van der Waals surface area contributed by atoms with Gasteiger partial charge in [-0.15, -0.1) is 0 Å². The van der Waals surface area contributed by atoms with E-state index in [0.717, 1.165) is 23.2 Å². The monoisotopic (exact) mass is 472 g/mol. The molecule has 0 saturated carbocycles. The number of benzene rings is 2. The van der Waals surface area contributed by atoms with Crippen molar-refractivity contribution in [1.82, 2.24) is 5.32 Å². The van der Waals surface area contributed by atoms with Gasteiger partial charge < -0.3 is 9.73 Å². The van der Waals surface area contributed by atoms with Crippen LogP contribution in [0, 0.1) is 0 Å². The van der Waals surface area contributed by atoms with Crippen molar-refractivity contribution in [2.24, 2.45) is 0 Å². The minimum atomic E-state index is -0.360. The molecule has 0 bridgehead atoms. The number of halogens is 2. The van der Waals surface area contributed by atoms with E-state index < -0.39 is 0 Å². The molecule has 0 saturated heterocycles. The number of furan rings is 1. The van der Waals surface area contributed by atoms with E-state index in [2.05, 4.69) is 30.5 Å². The quantitative estimate of drug-likeness (QED) is 0.292. The topological polar surface area (TPSA) is 54.3 Å². The molecule has 2 aromatic carbocycles. The number of para-hydroxylation sites is 1. The van der Waals surface area contributed by atoms with Gasteiger partial charge in [-0.05, 0) is 72.6 Å². The molecule has 0 aliphatic carbocycles. The van der Waals surface area contributed by atoms with Gasteiger partial charge in [0.1, 0.15) is 11.5 Å². The van der Waals surface area contributed by atoms with Crippen LogP contribution in [0.15, 0.2) is 65.1 Å². The molecule has 0 spiro atoms. The number of anilines is 1. The molecule has 1 aromatic heterocycles. The van der Waals surface area contributed by atoms with Gasteiger partial charge in [0.2, 0.25) is 5.91 Å². The van der Waals surface area contributed by atoms with Crippen LogP contribution < -0.4 is 10.6 Å². The van der Waals surface area contributed by atoms with Gasteiger partial charge in [-0.1, -0.05) is 55.2 Å². The number of thiocarbonyl (C=S) groups is 1. The van der Waals surface area contributed by atoms with Crippen molar-refractivity contribution in [3.8, 4) is 11.3 Å². The highest BCUT2D eigenvalue weighted by Gasteiger charge is 2.11. The Hall–Kier alpha value is -2.60. The van der Waals surface area contributed by atoms with E-state index in [1.54, 1.807) is 36.4 Å². The summed E-state index contributed by atoms with van der Waals surface area (Å²) < 4.78 is 5.75. The van der Waals surface area contributed by atoms with Crippen molar-refractivity contribution >= 4 is 58.2 Å². The fourth-order valence-corrected chi connectivity index (χ4v) is 3.71. The Balaban J connectivity index is 1.61. The average Bonchev–Trinajstić information content (AvgIpc) is 3.20. The van der Waals surface area contributed by atoms with E-state index in [4.69, 9.17) is 39.8 Å². The van der Waals surface area contributed by atoms with Crippen LogP contribution in [0.25, 0.3) is 17.4 Å². The maximum Gasteiger partial charge on any atom is 0.250 e. The number of hydrogen-bond donors (Lipinski definition) is 2. The second-order valence-electron chi connectivity index (χ2n) is 7.00. The Morgan fingerprint density at radius 2 is 1.94 bits per heavy atom. The third-order valence-electron chi connectivity index (χ3n) is 4.81. The van der Waals surface area contributed by atoms with Gasteiger partial charge in [-0.25, -0.2) is 0 Å². The van der Waals surface area contributed by atoms with Gasteiger partial charge in [-0.2, -0.15) is 0 Å². The zero-order chi connectivity index (χ0) is 22.4. The van der Waals surface area contributed by atoms with Crippen LogP contribution in [-0.2, 0) is 4.79 Å². The third kappa shape index (κ3) is 6.20. The average molecular weight is 473 g/mol. The molecular formula is C24H22Cl2N2O2S. The summed E-state index contributed by atoms with van der Waals surface area (Å²) in [7, 11) is 0. The van der Waals surface area contributed by atoms with Crippen LogP contribution in [0.4, 0.5) is 5.69 Å². The molecule has 0 fully saturated rings. The van der Waals surface area contributed by atoms with Crippen molar-refractivity contribution in [2.75, 3.05) is 5.32 Å². The number of carbonyl (C=O) groups is 1.